The topological polar surface area (TPSA) is 26.3 Å². The first-order chi connectivity index (χ1) is 15.9. The number of carbonyl (C=O) groups excluding carboxylic acids is 1. The molecule has 0 amide bonds. The van der Waals surface area contributed by atoms with Crippen molar-refractivity contribution in [3.05, 3.63) is 0 Å². The van der Waals surface area contributed by atoms with Gasteiger partial charge in [0.15, 0.2) is 0 Å². The van der Waals surface area contributed by atoms with Crippen LogP contribution in [-0.4, -0.2) is 13.1 Å². The summed E-state index contributed by atoms with van der Waals surface area (Å²) in [4.78, 5) is 9.59. The molecule has 0 aromatic carbocycles. The van der Waals surface area contributed by atoms with E-state index in [1.54, 1.807) is 51.4 Å². The predicted octanol–water partition coefficient (Wildman–Crippen LogP) is 9.85. The molecule has 2 nitrogen and oxygen atoms in total. The summed E-state index contributed by atoms with van der Waals surface area (Å²) >= 11 is 0. The van der Waals surface area contributed by atoms with Gasteiger partial charge in [-0.15, -0.1) is 0 Å². The molecule has 4 fully saturated rings. The van der Waals surface area contributed by atoms with Crippen LogP contribution < -0.4 is 0 Å². The van der Waals surface area contributed by atoms with Crippen molar-refractivity contribution in [2.75, 3.05) is 7.11 Å². The molecule has 0 aliphatic heterocycles. The van der Waals surface area contributed by atoms with Crippen LogP contribution in [0.4, 0.5) is 0 Å². The van der Waals surface area contributed by atoms with Crippen molar-refractivity contribution in [2.45, 2.75) is 145 Å². The lowest BCUT2D eigenvalue weighted by Crippen LogP contribution is -2.52. The third kappa shape index (κ3) is 7.00. The summed E-state index contributed by atoms with van der Waals surface area (Å²) in [7, 11) is 1.35. The maximum absolute atomic E-state index is 9.59. The molecule has 0 spiro atoms. The van der Waals surface area contributed by atoms with Crippen molar-refractivity contribution in [3.63, 3.8) is 0 Å². The molecule has 0 bridgehead atoms. The normalized spacial score (nSPS) is 38.4. The molecular weight excluding hydrogens is 404 g/mol. The fraction of sp³-hybridized carbons (Fsp3) is 0.968. The third-order valence-electron chi connectivity index (χ3n) is 10.2. The largest absolute Gasteiger partial charge is 0.469 e. The van der Waals surface area contributed by atoms with Gasteiger partial charge in [-0.25, -0.2) is 0 Å². The van der Waals surface area contributed by atoms with E-state index in [9.17, 15) is 4.79 Å². The van der Waals surface area contributed by atoms with E-state index in [0.29, 0.717) is 5.41 Å². The minimum absolute atomic E-state index is 0.245. The number of methoxy groups -OCH3 is 1. The lowest BCUT2D eigenvalue weighted by molar-refractivity contribution is -0.137. The molecule has 33 heavy (non-hydrogen) atoms. The van der Waals surface area contributed by atoms with E-state index in [2.05, 4.69) is 25.5 Å². The second-order valence-electron chi connectivity index (χ2n) is 11.4. The molecule has 2 heteroatoms. The van der Waals surface area contributed by atoms with Gasteiger partial charge in [0.05, 0.1) is 7.11 Å². The summed E-state index contributed by atoms with van der Waals surface area (Å²) in [6.45, 7) is 17.2. The van der Waals surface area contributed by atoms with Crippen LogP contribution in [0.5, 0.6) is 0 Å². The van der Waals surface area contributed by atoms with Crippen LogP contribution in [0.1, 0.15) is 145 Å². The zero-order chi connectivity index (χ0) is 25.1. The minimum atomic E-state index is -0.245. The standard InChI is InChI=1S/C24H42.C3H6O2.2C2H6/c1-4-5-6-9-19-12-14-21-20-13-11-18-10-7-8-16-23(18,2)22(20)15-17-24(19,21)3;1-3(4)5-2;2*1-2/h18-22H,4-17H2,1-3H3;1-2H3;2*1-2H3. The number of carbonyl (C=O) groups is 1. The van der Waals surface area contributed by atoms with Gasteiger partial charge in [0.1, 0.15) is 0 Å². The van der Waals surface area contributed by atoms with Crippen LogP contribution in [0.25, 0.3) is 0 Å². The number of hydrogen-bond acceptors (Lipinski definition) is 2. The monoisotopic (exact) mass is 464 g/mol. The van der Waals surface area contributed by atoms with Gasteiger partial charge in [-0.1, -0.05) is 80.6 Å². The molecule has 0 aromatic heterocycles. The molecule has 196 valence electrons. The van der Waals surface area contributed by atoms with E-state index < -0.39 is 0 Å². The zero-order valence-electron chi connectivity index (χ0n) is 24.1. The Morgan fingerprint density at radius 3 is 2.06 bits per heavy atom. The Morgan fingerprint density at radius 2 is 1.45 bits per heavy atom. The summed E-state index contributed by atoms with van der Waals surface area (Å²) in [6.07, 6.45) is 21.5. The van der Waals surface area contributed by atoms with Crippen molar-refractivity contribution in [3.8, 4) is 0 Å². The van der Waals surface area contributed by atoms with Gasteiger partial charge in [-0.05, 0) is 98.2 Å². The second-order valence-corrected chi connectivity index (χ2v) is 11.4. The van der Waals surface area contributed by atoms with Crippen molar-refractivity contribution >= 4 is 5.97 Å². The quantitative estimate of drug-likeness (QED) is 0.305. The Morgan fingerprint density at radius 1 is 0.818 bits per heavy atom. The average Bonchev–Trinajstić information content (AvgIpc) is 3.18. The van der Waals surface area contributed by atoms with E-state index in [-0.39, 0.29) is 5.97 Å². The molecule has 4 aliphatic carbocycles. The molecule has 4 aliphatic rings. The first-order valence-corrected chi connectivity index (χ1v) is 14.9. The van der Waals surface area contributed by atoms with E-state index in [4.69, 9.17) is 0 Å². The average molecular weight is 465 g/mol. The highest BCUT2D eigenvalue weighted by Crippen LogP contribution is 2.67. The van der Waals surface area contributed by atoms with Gasteiger partial charge >= 0.3 is 5.97 Å². The van der Waals surface area contributed by atoms with Crippen LogP contribution in [0, 0.1) is 40.4 Å². The van der Waals surface area contributed by atoms with Gasteiger partial charge in [0.25, 0.3) is 0 Å². The van der Waals surface area contributed by atoms with Crippen LogP contribution in [0.2, 0.25) is 0 Å². The summed E-state index contributed by atoms with van der Waals surface area (Å²) in [6, 6.07) is 0. The predicted molar refractivity (Wildman–Crippen MR) is 144 cm³/mol. The number of fused-ring (bicyclic) bond motifs is 5. The fourth-order valence-electron chi connectivity index (χ4n) is 8.52. The van der Waals surface area contributed by atoms with E-state index in [1.807, 2.05) is 27.7 Å². The second kappa shape index (κ2) is 14.8. The van der Waals surface area contributed by atoms with Crippen LogP contribution >= 0.6 is 0 Å². The Labute approximate surface area is 208 Å². The van der Waals surface area contributed by atoms with Crippen molar-refractivity contribution in [1.29, 1.82) is 0 Å². The Kier molecular flexibility index (Phi) is 13.7. The van der Waals surface area contributed by atoms with E-state index in [0.717, 1.165) is 35.0 Å². The molecule has 4 saturated carbocycles. The van der Waals surface area contributed by atoms with Crippen molar-refractivity contribution in [2.24, 2.45) is 40.4 Å². The summed E-state index contributed by atoms with van der Waals surface area (Å²) in [5.41, 5.74) is 1.44. The van der Waals surface area contributed by atoms with Gasteiger partial charge in [0, 0.05) is 6.92 Å². The Hall–Kier alpha value is -0.530. The van der Waals surface area contributed by atoms with Crippen molar-refractivity contribution in [1.82, 2.24) is 0 Å². The molecule has 4 rings (SSSR count). The highest BCUT2D eigenvalue weighted by molar-refractivity contribution is 5.65. The molecule has 0 heterocycles. The maximum atomic E-state index is 9.59. The number of esters is 1. The zero-order valence-corrected chi connectivity index (χ0v) is 24.1. The van der Waals surface area contributed by atoms with Gasteiger partial charge in [0.2, 0.25) is 0 Å². The smallest absolute Gasteiger partial charge is 0.302 e. The summed E-state index contributed by atoms with van der Waals surface area (Å²) in [5, 5.41) is 0. The first kappa shape index (κ1) is 30.5. The molecular formula is C31H60O2. The SMILES string of the molecule is CC.CC.CCCCCC1CCC2C3CCC4CCCCC4(C)C3CCC12C.COC(C)=O. The molecule has 7 atom stereocenters. The lowest BCUT2D eigenvalue weighted by atomic mass is 9.45. The highest BCUT2D eigenvalue weighted by Gasteiger charge is 2.59. The van der Waals surface area contributed by atoms with E-state index >= 15 is 0 Å². The molecule has 0 aromatic rings. The van der Waals surface area contributed by atoms with Gasteiger partial charge in [-0.3, -0.25) is 4.79 Å². The molecule has 7 unspecified atom stereocenters. The highest BCUT2D eigenvalue weighted by atomic mass is 16.5. The first-order valence-electron chi connectivity index (χ1n) is 14.9. The van der Waals surface area contributed by atoms with Crippen LogP contribution in [0.3, 0.4) is 0 Å². The van der Waals surface area contributed by atoms with Gasteiger partial charge < -0.3 is 4.74 Å². The molecule has 0 radical (unpaired) electrons. The number of hydrogen-bond donors (Lipinski definition) is 0. The lowest BCUT2D eigenvalue weighted by Gasteiger charge is -2.60. The van der Waals surface area contributed by atoms with Gasteiger partial charge in [-0.2, -0.15) is 0 Å². The number of unbranched alkanes of at least 4 members (excludes halogenated alkanes) is 2. The van der Waals surface area contributed by atoms with Crippen LogP contribution in [0.15, 0.2) is 0 Å². The summed E-state index contributed by atoms with van der Waals surface area (Å²) in [5.74, 6) is 5.17. The maximum Gasteiger partial charge on any atom is 0.302 e. The van der Waals surface area contributed by atoms with E-state index in [1.165, 1.54) is 52.6 Å². The molecule has 0 saturated heterocycles. The summed E-state index contributed by atoms with van der Waals surface area (Å²) < 4.78 is 4.11. The number of ether oxygens (including phenoxy) is 1. The number of rotatable bonds is 4. The fourth-order valence-corrected chi connectivity index (χ4v) is 8.52. The Balaban J connectivity index is 0.000000529. The minimum Gasteiger partial charge on any atom is -0.469 e. The third-order valence-corrected chi connectivity index (χ3v) is 10.2. The van der Waals surface area contributed by atoms with Crippen molar-refractivity contribution < 1.29 is 9.53 Å². The van der Waals surface area contributed by atoms with Crippen LogP contribution in [-0.2, 0) is 9.53 Å². The Bertz CT molecular complexity index is 543. The molecule has 0 N–H and O–H groups in total.